The highest BCUT2D eigenvalue weighted by Crippen LogP contribution is 2.47. The first-order valence-electron chi connectivity index (χ1n) is 11.2. The number of nitrogens with zero attached hydrogens (tertiary/aromatic N) is 2. The lowest BCUT2D eigenvalue weighted by Gasteiger charge is -2.45. The molecule has 1 N–H and O–H groups in total. The van der Waals surface area contributed by atoms with Gasteiger partial charge in [0, 0.05) is 11.9 Å². The van der Waals surface area contributed by atoms with Gasteiger partial charge in [-0.05, 0) is 88.0 Å². The summed E-state index contributed by atoms with van der Waals surface area (Å²) in [6, 6.07) is 17.3. The molecule has 32 heavy (non-hydrogen) atoms. The molecule has 1 aliphatic heterocycles. The van der Waals surface area contributed by atoms with E-state index in [1.807, 2.05) is 0 Å². The number of hydrogen-bond donors (Lipinski definition) is 1. The van der Waals surface area contributed by atoms with Gasteiger partial charge in [0.25, 0.3) is 0 Å². The Morgan fingerprint density at radius 3 is 2.16 bits per heavy atom. The molecule has 0 radical (unpaired) electrons. The van der Waals surface area contributed by atoms with E-state index < -0.39 is 9.84 Å². The summed E-state index contributed by atoms with van der Waals surface area (Å²) in [6.07, 6.45) is 6.22. The van der Waals surface area contributed by atoms with E-state index in [9.17, 15) is 13.2 Å². The minimum absolute atomic E-state index is 0.0994. The summed E-state index contributed by atoms with van der Waals surface area (Å²) in [5.74, 6) is 0. The van der Waals surface area contributed by atoms with Crippen LogP contribution in [0, 0.1) is 0 Å². The predicted molar refractivity (Wildman–Crippen MR) is 128 cm³/mol. The van der Waals surface area contributed by atoms with Crippen LogP contribution in [0.1, 0.15) is 37.7 Å². The van der Waals surface area contributed by atoms with Crippen molar-refractivity contribution in [3.63, 3.8) is 0 Å². The lowest BCUT2D eigenvalue weighted by Crippen LogP contribution is -2.50. The van der Waals surface area contributed by atoms with Gasteiger partial charge in [0.05, 0.1) is 17.0 Å². The van der Waals surface area contributed by atoms with Gasteiger partial charge >= 0.3 is 6.03 Å². The van der Waals surface area contributed by atoms with Gasteiger partial charge in [-0.2, -0.15) is 0 Å². The first-order chi connectivity index (χ1) is 15.1. The standard InChI is InChI=1S/C25H33N3O3S/c1-27(2)18-17-24(20-7-5-4-6-8-20)13-15-25(16-14-24)19-28(23(29)26-25)21-9-11-22(12-10-21)32(3,30)31/h4-12H,13-19H2,1-3H3,(H,26,29). The Morgan fingerprint density at radius 1 is 0.969 bits per heavy atom. The van der Waals surface area contributed by atoms with E-state index in [0.717, 1.165) is 44.3 Å². The summed E-state index contributed by atoms with van der Waals surface area (Å²) in [5.41, 5.74) is 2.03. The van der Waals surface area contributed by atoms with Crippen LogP contribution in [0.2, 0.25) is 0 Å². The lowest BCUT2D eigenvalue weighted by atomic mass is 9.62. The SMILES string of the molecule is CN(C)CCC1(c2ccccc2)CCC2(CC1)CN(c1ccc(S(C)(=O)=O)cc1)C(=O)N2. The molecule has 1 saturated heterocycles. The van der Waals surface area contributed by atoms with E-state index in [1.165, 1.54) is 11.8 Å². The zero-order valence-electron chi connectivity index (χ0n) is 19.2. The van der Waals surface area contributed by atoms with E-state index in [0.29, 0.717) is 6.54 Å². The highest BCUT2D eigenvalue weighted by molar-refractivity contribution is 7.90. The molecular formula is C25H33N3O3S. The molecule has 7 heteroatoms. The third-order valence-corrected chi connectivity index (χ3v) is 8.37. The quantitative estimate of drug-likeness (QED) is 0.719. The second-order valence-electron chi connectivity index (χ2n) is 9.76. The number of carbonyl (C=O) groups excluding carboxylic acids is 1. The molecular weight excluding hydrogens is 422 g/mol. The Bertz CT molecular complexity index is 1060. The fraction of sp³-hybridized carbons (Fsp3) is 0.480. The van der Waals surface area contributed by atoms with Gasteiger partial charge in [-0.1, -0.05) is 30.3 Å². The van der Waals surface area contributed by atoms with Gasteiger partial charge in [0.2, 0.25) is 0 Å². The number of urea groups is 1. The van der Waals surface area contributed by atoms with E-state index in [-0.39, 0.29) is 21.9 Å². The zero-order valence-corrected chi connectivity index (χ0v) is 20.0. The number of carbonyl (C=O) groups is 1. The summed E-state index contributed by atoms with van der Waals surface area (Å²) >= 11 is 0. The molecule has 1 heterocycles. The van der Waals surface area contributed by atoms with Crippen molar-refractivity contribution in [2.45, 2.75) is 48.0 Å². The topological polar surface area (TPSA) is 69.7 Å². The molecule has 2 fully saturated rings. The third-order valence-electron chi connectivity index (χ3n) is 7.24. The van der Waals surface area contributed by atoms with Crippen molar-refractivity contribution in [3.8, 4) is 0 Å². The predicted octanol–water partition coefficient (Wildman–Crippen LogP) is 3.82. The Morgan fingerprint density at radius 2 is 1.59 bits per heavy atom. The Hall–Kier alpha value is -2.38. The molecule has 4 rings (SSSR count). The van der Waals surface area contributed by atoms with Crippen molar-refractivity contribution in [2.24, 2.45) is 0 Å². The molecule has 2 aliphatic rings. The van der Waals surface area contributed by atoms with Crippen LogP contribution >= 0.6 is 0 Å². The largest absolute Gasteiger partial charge is 0.330 e. The summed E-state index contributed by atoms with van der Waals surface area (Å²) in [6.45, 7) is 1.65. The molecule has 0 atom stereocenters. The molecule has 2 aromatic carbocycles. The monoisotopic (exact) mass is 455 g/mol. The molecule has 1 saturated carbocycles. The molecule has 1 aliphatic carbocycles. The molecule has 0 aromatic heterocycles. The van der Waals surface area contributed by atoms with Crippen molar-refractivity contribution in [1.82, 2.24) is 10.2 Å². The van der Waals surface area contributed by atoms with E-state index in [1.54, 1.807) is 29.2 Å². The van der Waals surface area contributed by atoms with Crippen LogP contribution in [0.3, 0.4) is 0 Å². The van der Waals surface area contributed by atoms with Crippen molar-refractivity contribution in [2.75, 3.05) is 38.3 Å². The smallest absolute Gasteiger partial charge is 0.322 e. The normalized spacial score (nSPS) is 26.0. The molecule has 0 unspecified atom stereocenters. The number of anilines is 1. The summed E-state index contributed by atoms with van der Waals surface area (Å²) < 4.78 is 23.5. The van der Waals surface area contributed by atoms with Gasteiger partial charge in [-0.15, -0.1) is 0 Å². The first-order valence-corrected chi connectivity index (χ1v) is 13.1. The van der Waals surface area contributed by atoms with Crippen LogP contribution in [-0.4, -0.2) is 58.3 Å². The van der Waals surface area contributed by atoms with Crippen LogP contribution in [0.4, 0.5) is 10.5 Å². The first kappa shape index (κ1) is 22.8. The van der Waals surface area contributed by atoms with Gasteiger partial charge in [-0.3, -0.25) is 4.90 Å². The van der Waals surface area contributed by atoms with Crippen LogP contribution in [-0.2, 0) is 15.3 Å². The minimum atomic E-state index is -3.26. The van der Waals surface area contributed by atoms with Crippen molar-refractivity contribution >= 4 is 21.6 Å². The van der Waals surface area contributed by atoms with Crippen LogP contribution < -0.4 is 10.2 Å². The third kappa shape index (κ3) is 4.55. The summed E-state index contributed by atoms with van der Waals surface area (Å²) in [7, 11) is 0.979. The van der Waals surface area contributed by atoms with Gasteiger partial charge in [0.15, 0.2) is 9.84 Å². The van der Waals surface area contributed by atoms with E-state index in [2.05, 4.69) is 54.6 Å². The molecule has 2 aromatic rings. The second kappa shape index (κ2) is 8.52. The maximum Gasteiger partial charge on any atom is 0.322 e. The van der Waals surface area contributed by atoms with Gasteiger partial charge in [-0.25, -0.2) is 13.2 Å². The fourth-order valence-electron chi connectivity index (χ4n) is 5.19. The Kier molecular flexibility index (Phi) is 6.07. The molecule has 0 bridgehead atoms. The lowest BCUT2D eigenvalue weighted by molar-refractivity contribution is 0.169. The molecule has 1 spiro atoms. The molecule has 2 amide bonds. The number of hydrogen-bond acceptors (Lipinski definition) is 4. The number of benzene rings is 2. The highest BCUT2D eigenvalue weighted by Gasteiger charge is 2.49. The Labute approximate surface area is 191 Å². The van der Waals surface area contributed by atoms with Crippen molar-refractivity contribution < 1.29 is 13.2 Å². The summed E-state index contributed by atoms with van der Waals surface area (Å²) in [5, 5.41) is 3.28. The van der Waals surface area contributed by atoms with Crippen molar-refractivity contribution in [3.05, 3.63) is 60.2 Å². The van der Waals surface area contributed by atoms with E-state index >= 15 is 0 Å². The zero-order chi connectivity index (χ0) is 23.0. The number of sulfone groups is 1. The second-order valence-corrected chi connectivity index (χ2v) is 11.8. The van der Waals surface area contributed by atoms with Crippen molar-refractivity contribution in [1.29, 1.82) is 0 Å². The van der Waals surface area contributed by atoms with Crippen LogP contribution in [0.25, 0.3) is 0 Å². The van der Waals surface area contributed by atoms with Crippen LogP contribution in [0.15, 0.2) is 59.5 Å². The number of nitrogens with one attached hydrogen (secondary N) is 1. The minimum Gasteiger partial charge on any atom is -0.330 e. The maximum atomic E-state index is 12.9. The average molecular weight is 456 g/mol. The fourth-order valence-corrected chi connectivity index (χ4v) is 5.82. The molecule has 6 nitrogen and oxygen atoms in total. The molecule has 172 valence electrons. The maximum absolute atomic E-state index is 12.9. The Balaban J connectivity index is 1.51. The van der Waals surface area contributed by atoms with Crippen LogP contribution in [0.5, 0.6) is 0 Å². The number of amides is 2. The summed E-state index contributed by atoms with van der Waals surface area (Å²) in [4.78, 5) is 17.1. The average Bonchev–Trinajstić information content (AvgIpc) is 3.10. The van der Waals surface area contributed by atoms with Gasteiger partial charge in [0.1, 0.15) is 0 Å². The highest BCUT2D eigenvalue weighted by atomic mass is 32.2. The van der Waals surface area contributed by atoms with E-state index in [4.69, 9.17) is 0 Å². The van der Waals surface area contributed by atoms with Gasteiger partial charge < -0.3 is 10.2 Å². The number of rotatable bonds is 6.